The number of carbonyl (C=O) groups excluding carboxylic acids is 1. The zero-order valence-corrected chi connectivity index (χ0v) is 24.8. The summed E-state index contributed by atoms with van der Waals surface area (Å²) in [5.41, 5.74) is 0.971. The van der Waals surface area contributed by atoms with Crippen LogP contribution in [0.3, 0.4) is 0 Å². The van der Waals surface area contributed by atoms with Crippen molar-refractivity contribution in [1.29, 1.82) is 5.26 Å². The van der Waals surface area contributed by atoms with E-state index in [-0.39, 0.29) is 24.2 Å². The summed E-state index contributed by atoms with van der Waals surface area (Å²) in [5.74, 6) is 0.753. The molecule has 36 heavy (non-hydrogen) atoms. The number of rotatable bonds is 7. The average molecular weight is 577 g/mol. The molecule has 1 amide bonds. The summed E-state index contributed by atoms with van der Waals surface area (Å²) in [6, 6.07) is 5.78. The predicted octanol–water partition coefficient (Wildman–Crippen LogP) is 6.33. The van der Waals surface area contributed by atoms with Gasteiger partial charge in [-0.3, -0.25) is 0 Å². The van der Waals surface area contributed by atoms with E-state index in [4.69, 9.17) is 9.47 Å². The highest BCUT2D eigenvalue weighted by molar-refractivity contribution is 9.10. The lowest BCUT2D eigenvalue weighted by Gasteiger charge is -2.39. The highest BCUT2D eigenvalue weighted by Gasteiger charge is 2.45. The fourth-order valence-corrected chi connectivity index (χ4v) is 6.60. The molecule has 2 aliphatic heterocycles. The third kappa shape index (κ3) is 6.06. The maximum absolute atomic E-state index is 12.8. The minimum atomic E-state index is -1.19. The van der Waals surface area contributed by atoms with Crippen molar-refractivity contribution in [3.63, 3.8) is 0 Å². The quantitative estimate of drug-likeness (QED) is 0.306. The van der Waals surface area contributed by atoms with Crippen molar-refractivity contribution >= 4 is 46.8 Å². The van der Waals surface area contributed by atoms with Crippen LogP contribution >= 0.6 is 15.9 Å². The molecule has 0 saturated carbocycles. The molecule has 8 nitrogen and oxygen atoms in total. The molecule has 1 unspecified atom stereocenters. The van der Waals surface area contributed by atoms with Gasteiger partial charge in [-0.15, -0.1) is 0 Å². The molecule has 0 aliphatic carbocycles. The first-order valence-electron chi connectivity index (χ1n) is 12.8. The van der Waals surface area contributed by atoms with Gasteiger partial charge in [-0.2, -0.15) is 5.26 Å². The zero-order valence-electron chi connectivity index (χ0n) is 22.2. The topological polar surface area (TPSA) is 92.4 Å². The normalized spacial score (nSPS) is 22.1. The standard InChI is InChI=1S/C26H38BrN5O3Si/c1-26(2,3)35-25(33)32-19-7-8-20(32)13-18(12-19)30-24-22(27)23-17(15-29-24)11-21(14-28)31(23)16-34-9-10-36(4,5)6/h11,15,18-20H,7-10,12-13,16H2,1-6H3,(H,29,30)/t18?,19-,20+. The van der Waals surface area contributed by atoms with Crippen molar-refractivity contribution in [2.45, 2.75) is 103 Å². The molecule has 4 rings (SSSR count). The van der Waals surface area contributed by atoms with Gasteiger partial charge in [-0.25, -0.2) is 9.78 Å². The van der Waals surface area contributed by atoms with Gasteiger partial charge in [0.15, 0.2) is 0 Å². The number of anilines is 1. The third-order valence-corrected chi connectivity index (χ3v) is 9.34. The van der Waals surface area contributed by atoms with Crippen LogP contribution in [0.25, 0.3) is 10.9 Å². The van der Waals surface area contributed by atoms with Crippen molar-refractivity contribution in [2.75, 3.05) is 11.9 Å². The van der Waals surface area contributed by atoms with E-state index >= 15 is 0 Å². The van der Waals surface area contributed by atoms with E-state index in [1.807, 2.05) is 42.5 Å². The maximum Gasteiger partial charge on any atom is 0.410 e. The van der Waals surface area contributed by atoms with Gasteiger partial charge in [0.05, 0.1) is 9.99 Å². The van der Waals surface area contributed by atoms with E-state index in [0.29, 0.717) is 19.0 Å². The number of amides is 1. The highest BCUT2D eigenvalue weighted by Crippen LogP contribution is 2.39. The SMILES string of the molecule is CC(C)(C)OC(=O)N1[C@@H]2CC[C@H]1CC(Nc1ncc3cc(C#N)n(COCC[Si](C)(C)C)c3c1Br)C2. The number of pyridine rings is 1. The Hall–Kier alpha value is -2.09. The van der Waals surface area contributed by atoms with Crippen LogP contribution in [0.4, 0.5) is 10.6 Å². The smallest absolute Gasteiger partial charge is 0.410 e. The minimum Gasteiger partial charge on any atom is -0.444 e. The Balaban J connectivity index is 1.49. The van der Waals surface area contributed by atoms with Gasteiger partial charge >= 0.3 is 6.09 Å². The summed E-state index contributed by atoms with van der Waals surface area (Å²) >= 11 is 3.77. The maximum atomic E-state index is 12.8. The number of carbonyl (C=O) groups is 1. The summed E-state index contributed by atoms with van der Waals surface area (Å²) in [6.45, 7) is 13.7. The van der Waals surface area contributed by atoms with Crippen molar-refractivity contribution in [2.24, 2.45) is 0 Å². The number of halogens is 1. The molecule has 2 aromatic rings. The number of aromatic nitrogens is 2. The predicted molar refractivity (Wildman–Crippen MR) is 148 cm³/mol. The lowest BCUT2D eigenvalue weighted by atomic mass is 9.97. The van der Waals surface area contributed by atoms with E-state index in [2.05, 4.69) is 51.9 Å². The summed E-state index contributed by atoms with van der Waals surface area (Å²) < 4.78 is 14.4. The molecule has 2 aromatic heterocycles. The first-order valence-corrected chi connectivity index (χ1v) is 17.3. The molecule has 2 saturated heterocycles. The molecular weight excluding hydrogens is 538 g/mol. The Labute approximate surface area is 223 Å². The molecule has 0 radical (unpaired) electrons. The molecule has 3 atom stereocenters. The molecule has 0 aromatic carbocycles. The molecule has 0 spiro atoms. The fourth-order valence-electron chi connectivity index (χ4n) is 5.18. The van der Waals surface area contributed by atoms with Crippen molar-refractivity contribution in [3.8, 4) is 6.07 Å². The zero-order chi connectivity index (χ0) is 26.3. The van der Waals surface area contributed by atoms with Crippen LogP contribution in [-0.4, -0.2) is 59.0 Å². The third-order valence-electron chi connectivity index (χ3n) is 6.88. The van der Waals surface area contributed by atoms with E-state index in [1.54, 1.807) is 0 Å². The second-order valence-corrected chi connectivity index (χ2v) is 18.6. The Bertz CT molecular complexity index is 1150. The number of nitriles is 1. The van der Waals surface area contributed by atoms with Crippen molar-refractivity contribution in [1.82, 2.24) is 14.5 Å². The number of fused-ring (bicyclic) bond motifs is 3. The average Bonchev–Trinajstić information content (AvgIpc) is 3.26. The molecule has 196 valence electrons. The van der Waals surface area contributed by atoms with Crippen LogP contribution in [0.2, 0.25) is 25.7 Å². The molecule has 4 heterocycles. The number of hydrogen-bond donors (Lipinski definition) is 1. The van der Waals surface area contributed by atoms with Crippen LogP contribution in [-0.2, 0) is 16.2 Å². The van der Waals surface area contributed by atoms with Crippen LogP contribution < -0.4 is 5.32 Å². The van der Waals surface area contributed by atoms with E-state index < -0.39 is 13.7 Å². The van der Waals surface area contributed by atoms with Crippen LogP contribution in [0.5, 0.6) is 0 Å². The minimum absolute atomic E-state index is 0.174. The molecule has 10 heteroatoms. The number of hydrogen-bond acceptors (Lipinski definition) is 6. The molecule has 2 fully saturated rings. The number of nitrogens with one attached hydrogen (secondary N) is 1. The van der Waals surface area contributed by atoms with Gasteiger partial charge in [0.2, 0.25) is 0 Å². The summed E-state index contributed by atoms with van der Waals surface area (Å²) in [6.07, 6.45) is 5.31. The first kappa shape index (κ1) is 27.0. The van der Waals surface area contributed by atoms with Crippen LogP contribution in [0.1, 0.15) is 52.1 Å². The second kappa shape index (κ2) is 10.3. The summed E-state index contributed by atoms with van der Waals surface area (Å²) in [5, 5.41) is 14.2. The van der Waals surface area contributed by atoms with Crippen molar-refractivity contribution in [3.05, 3.63) is 22.4 Å². The van der Waals surface area contributed by atoms with Crippen LogP contribution in [0.15, 0.2) is 16.7 Å². The molecule has 1 N–H and O–H groups in total. The van der Waals surface area contributed by atoms with Gasteiger partial charge in [0, 0.05) is 44.4 Å². The lowest BCUT2D eigenvalue weighted by molar-refractivity contribution is 0.00682. The molecule has 2 bridgehead atoms. The largest absolute Gasteiger partial charge is 0.444 e. The van der Waals surface area contributed by atoms with E-state index in [0.717, 1.165) is 52.9 Å². The van der Waals surface area contributed by atoms with Gasteiger partial charge in [0.1, 0.15) is 29.9 Å². The van der Waals surface area contributed by atoms with Gasteiger partial charge in [-0.05, 0) is 74.5 Å². The molecular formula is C26H38BrN5O3Si. The first-order chi connectivity index (χ1) is 16.9. The second-order valence-electron chi connectivity index (χ2n) is 12.2. The van der Waals surface area contributed by atoms with Crippen LogP contribution in [0, 0.1) is 11.3 Å². The lowest BCUT2D eigenvalue weighted by Crippen LogP contribution is -2.51. The Morgan fingerprint density at radius 3 is 2.53 bits per heavy atom. The van der Waals surface area contributed by atoms with Gasteiger partial charge < -0.3 is 24.3 Å². The number of ether oxygens (including phenoxy) is 2. The van der Waals surface area contributed by atoms with Crippen molar-refractivity contribution < 1.29 is 14.3 Å². The summed E-state index contributed by atoms with van der Waals surface area (Å²) in [7, 11) is -1.19. The van der Waals surface area contributed by atoms with E-state index in [9.17, 15) is 10.1 Å². The fraction of sp³-hybridized carbons (Fsp3) is 0.654. The van der Waals surface area contributed by atoms with E-state index in [1.165, 1.54) is 0 Å². The Kier molecular flexibility index (Phi) is 7.75. The Morgan fingerprint density at radius 1 is 1.28 bits per heavy atom. The monoisotopic (exact) mass is 575 g/mol. The number of piperidine rings is 1. The number of nitrogens with zero attached hydrogens (tertiary/aromatic N) is 4. The molecule has 2 aliphatic rings. The highest BCUT2D eigenvalue weighted by atomic mass is 79.9. The van der Waals surface area contributed by atoms with Gasteiger partial charge in [0.25, 0.3) is 0 Å². The van der Waals surface area contributed by atoms with Gasteiger partial charge in [-0.1, -0.05) is 19.6 Å². The summed E-state index contributed by atoms with van der Waals surface area (Å²) in [4.78, 5) is 19.4. The Morgan fingerprint density at radius 2 is 1.94 bits per heavy atom.